The summed E-state index contributed by atoms with van der Waals surface area (Å²) in [5.41, 5.74) is 1.91. The maximum absolute atomic E-state index is 13.7. The Labute approximate surface area is 281 Å². The number of sulfone groups is 2. The maximum atomic E-state index is 13.7. The SMILES string of the molecule is COc1cc(S(C)(=O)=O)ccc1NCC#Cc1cc2c(NC3CCC(C)(N4CCC(S(C)(=O)=O)CC4)CC3)cccc2n1CC(F)(F)F. The van der Waals surface area contributed by atoms with E-state index >= 15 is 0 Å². The van der Waals surface area contributed by atoms with Crippen molar-refractivity contribution in [3.8, 4) is 17.6 Å². The number of benzene rings is 2. The van der Waals surface area contributed by atoms with Crippen molar-refractivity contribution in [2.75, 3.05) is 49.9 Å². The molecule has 0 unspecified atom stereocenters. The van der Waals surface area contributed by atoms with Crippen LogP contribution in [0.4, 0.5) is 24.5 Å². The fourth-order valence-electron chi connectivity index (χ4n) is 6.93. The van der Waals surface area contributed by atoms with Crippen LogP contribution in [0.15, 0.2) is 47.4 Å². The highest BCUT2D eigenvalue weighted by Gasteiger charge is 2.39. The van der Waals surface area contributed by atoms with Gasteiger partial charge >= 0.3 is 6.18 Å². The van der Waals surface area contributed by atoms with Crippen LogP contribution in [-0.2, 0) is 26.2 Å². The molecule has 9 nitrogen and oxygen atoms in total. The van der Waals surface area contributed by atoms with E-state index in [0.717, 1.165) is 50.7 Å². The summed E-state index contributed by atoms with van der Waals surface area (Å²) in [5.74, 6) is 6.11. The molecule has 2 aromatic carbocycles. The van der Waals surface area contributed by atoms with Crippen molar-refractivity contribution in [3.63, 3.8) is 0 Å². The summed E-state index contributed by atoms with van der Waals surface area (Å²) >= 11 is 0. The van der Waals surface area contributed by atoms with Gasteiger partial charge in [-0.15, -0.1) is 0 Å². The number of fused-ring (bicyclic) bond motifs is 1. The number of aromatic nitrogens is 1. The molecular weight excluding hydrogens is 666 g/mol. The lowest BCUT2D eigenvalue weighted by Crippen LogP contribution is -2.54. The standard InChI is InChI=1S/C34H43F3N4O5S2/c1-33(40-19-14-26(15-20-40)47(3,42)43)16-12-24(13-17-33)39-29-8-5-9-31-28(29)21-25(41(31)23-34(35,36)37)7-6-18-38-30-11-10-27(48(4,44)45)22-32(30)46-2/h5,8-11,21-22,24,26,38-39H,12-20,23H2,1-4H3. The molecule has 5 rings (SSSR count). The number of rotatable bonds is 9. The minimum Gasteiger partial charge on any atom is -0.495 e. The van der Waals surface area contributed by atoms with E-state index in [4.69, 9.17) is 4.74 Å². The van der Waals surface area contributed by atoms with Gasteiger partial charge in [-0.1, -0.05) is 12.0 Å². The molecule has 3 aromatic rings. The molecule has 0 amide bonds. The Hall–Kier alpha value is -3.41. The lowest BCUT2D eigenvalue weighted by Gasteiger charge is -2.48. The number of hydrogen-bond donors (Lipinski definition) is 2. The zero-order valence-electron chi connectivity index (χ0n) is 27.7. The van der Waals surface area contributed by atoms with Crippen molar-refractivity contribution >= 4 is 42.0 Å². The lowest BCUT2D eigenvalue weighted by molar-refractivity contribution is -0.140. The summed E-state index contributed by atoms with van der Waals surface area (Å²) in [6, 6.07) is 11.5. The average molecular weight is 709 g/mol. The van der Waals surface area contributed by atoms with Gasteiger partial charge in [-0.25, -0.2) is 16.8 Å². The van der Waals surface area contributed by atoms with Crippen molar-refractivity contribution in [2.24, 2.45) is 0 Å². The largest absolute Gasteiger partial charge is 0.495 e. The average Bonchev–Trinajstić information content (AvgIpc) is 3.36. The molecular formula is C34H43F3N4O5S2. The maximum Gasteiger partial charge on any atom is 0.406 e. The van der Waals surface area contributed by atoms with Crippen LogP contribution in [0, 0.1) is 11.8 Å². The summed E-state index contributed by atoms with van der Waals surface area (Å²) < 4.78 is 95.5. The highest BCUT2D eigenvalue weighted by atomic mass is 32.2. The molecule has 1 saturated carbocycles. The van der Waals surface area contributed by atoms with Gasteiger partial charge in [0.2, 0.25) is 0 Å². The predicted molar refractivity (Wildman–Crippen MR) is 183 cm³/mol. The molecule has 14 heteroatoms. The van der Waals surface area contributed by atoms with Gasteiger partial charge < -0.3 is 19.9 Å². The second kappa shape index (κ2) is 13.8. The van der Waals surface area contributed by atoms with E-state index in [9.17, 15) is 30.0 Å². The summed E-state index contributed by atoms with van der Waals surface area (Å²) in [6.45, 7) is 2.68. The van der Waals surface area contributed by atoms with Crippen LogP contribution in [0.3, 0.4) is 0 Å². The molecule has 1 aromatic heterocycles. The third-order valence-corrected chi connectivity index (χ3v) is 12.5. The molecule has 0 atom stereocenters. The number of nitrogens with one attached hydrogen (secondary N) is 2. The van der Waals surface area contributed by atoms with Crippen LogP contribution >= 0.6 is 0 Å². The van der Waals surface area contributed by atoms with E-state index in [1.165, 1.54) is 30.1 Å². The zero-order chi connectivity index (χ0) is 34.9. The molecule has 2 aliphatic rings. The van der Waals surface area contributed by atoms with Crippen molar-refractivity contribution < 1.29 is 34.7 Å². The van der Waals surface area contributed by atoms with E-state index in [-0.39, 0.29) is 34.0 Å². The number of nitrogens with zero attached hydrogens (tertiary/aromatic N) is 2. The predicted octanol–water partition coefficient (Wildman–Crippen LogP) is 5.70. The van der Waals surface area contributed by atoms with Crippen LogP contribution in [-0.4, -0.2) is 88.6 Å². The second-order valence-corrected chi connectivity index (χ2v) is 17.5. The number of alkyl halides is 3. The molecule has 1 aliphatic carbocycles. The molecule has 2 N–H and O–H groups in total. The highest BCUT2D eigenvalue weighted by Crippen LogP contribution is 2.38. The lowest BCUT2D eigenvalue weighted by atomic mass is 9.78. The Morgan fingerprint density at radius 2 is 1.67 bits per heavy atom. The number of methoxy groups -OCH3 is 1. The van der Waals surface area contributed by atoms with Gasteiger partial charge in [0.15, 0.2) is 9.84 Å². The Bertz CT molecular complexity index is 1910. The van der Waals surface area contributed by atoms with Gasteiger partial charge in [0.25, 0.3) is 0 Å². The van der Waals surface area contributed by atoms with Crippen LogP contribution in [0.2, 0.25) is 0 Å². The zero-order valence-corrected chi connectivity index (χ0v) is 29.3. The van der Waals surface area contributed by atoms with Crippen LogP contribution in [0.5, 0.6) is 5.75 Å². The fourth-order valence-corrected chi connectivity index (χ4v) is 8.63. The minimum atomic E-state index is -4.46. The Morgan fingerprint density at radius 3 is 2.27 bits per heavy atom. The number of likely N-dealkylation sites (tertiary alicyclic amines) is 1. The molecule has 48 heavy (non-hydrogen) atoms. The second-order valence-electron chi connectivity index (χ2n) is 13.2. The summed E-state index contributed by atoms with van der Waals surface area (Å²) in [5, 5.41) is 7.05. The van der Waals surface area contributed by atoms with E-state index in [1.54, 1.807) is 24.3 Å². The van der Waals surface area contributed by atoms with Gasteiger partial charge in [-0.05, 0) is 94.8 Å². The van der Waals surface area contributed by atoms with Gasteiger partial charge in [0.05, 0.1) is 40.7 Å². The Balaban J connectivity index is 1.30. The van der Waals surface area contributed by atoms with Gasteiger partial charge in [-0.2, -0.15) is 13.2 Å². The highest BCUT2D eigenvalue weighted by molar-refractivity contribution is 7.91. The molecule has 2 fully saturated rings. The van der Waals surface area contributed by atoms with Crippen LogP contribution in [0.25, 0.3) is 10.9 Å². The Kier molecular flexibility index (Phi) is 10.3. The summed E-state index contributed by atoms with van der Waals surface area (Å²) in [6.07, 6.45) is 2.91. The molecule has 2 heterocycles. The van der Waals surface area contributed by atoms with Crippen molar-refractivity contribution in [1.29, 1.82) is 0 Å². The third-order valence-electron chi connectivity index (χ3n) is 9.70. The molecule has 0 radical (unpaired) electrons. The van der Waals surface area contributed by atoms with Crippen molar-refractivity contribution in [3.05, 3.63) is 48.2 Å². The number of hydrogen-bond acceptors (Lipinski definition) is 8. The number of ether oxygens (including phenoxy) is 1. The smallest absolute Gasteiger partial charge is 0.406 e. The molecule has 0 bridgehead atoms. The quantitative estimate of drug-likeness (QED) is 0.273. The number of piperidine rings is 1. The number of anilines is 2. The van der Waals surface area contributed by atoms with Crippen molar-refractivity contribution in [1.82, 2.24) is 9.47 Å². The Morgan fingerprint density at radius 1 is 0.979 bits per heavy atom. The van der Waals surface area contributed by atoms with Crippen molar-refractivity contribution in [2.45, 2.75) is 79.9 Å². The number of halogens is 3. The molecule has 262 valence electrons. The first-order chi connectivity index (χ1) is 22.5. The molecule has 1 aliphatic heterocycles. The minimum absolute atomic E-state index is 0.0146. The summed E-state index contributed by atoms with van der Waals surface area (Å²) in [4.78, 5) is 2.54. The monoisotopic (exact) mass is 708 g/mol. The normalized spacial score (nSPS) is 21.4. The fraction of sp³-hybridized carbons (Fsp3) is 0.529. The van der Waals surface area contributed by atoms with E-state index < -0.39 is 32.4 Å². The topological polar surface area (TPSA) is 110 Å². The third kappa shape index (κ3) is 8.41. The van der Waals surface area contributed by atoms with Gasteiger partial charge in [-0.3, -0.25) is 4.90 Å². The van der Waals surface area contributed by atoms with E-state index in [2.05, 4.69) is 34.3 Å². The first-order valence-electron chi connectivity index (χ1n) is 16.0. The molecule has 1 saturated heterocycles. The van der Waals surface area contributed by atoms with Crippen LogP contribution < -0.4 is 15.4 Å². The first-order valence-corrected chi connectivity index (χ1v) is 19.8. The summed E-state index contributed by atoms with van der Waals surface area (Å²) in [7, 11) is -5.05. The van der Waals surface area contributed by atoms with Gasteiger partial charge in [0.1, 0.15) is 22.1 Å². The first kappa shape index (κ1) is 35.9. The van der Waals surface area contributed by atoms with E-state index in [0.29, 0.717) is 35.2 Å². The molecule has 0 spiro atoms. The van der Waals surface area contributed by atoms with Crippen LogP contribution in [0.1, 0.15) is 51.1 Å². The van der Waals surface area contributed by atoms with Gasteiger partial charge in [0, 0.05) is 41.2 Å². The van der Waals surface area contributed by atoms with E-state index in [1.807, 2.05) is 6.07 Å².